The van der Waals surface area contributed by atoms with Crippen molar-refractivity contribution in [3.8, 4) is 5.75 Å². The van der Waals surface area contributed by atoms with Crippen LogP contribution in [-0.4, -0.2) is 19.2 Å². The van der Waals surface area contributed by atoms with Gasteiger partial charge in [0.25, 0.3) is 0 Å². The van der Waals surface area contributed by atoms with Gasteiger partial charge in [-0.15, -0.1) is 0 Å². The van der Waals surface area contributed by atoms with Crippen LogP contribution in [0.15, 0.2) is 18.2 Å². The van der Waals surface area contributed by atoms with Crippen LogP contribution in [0.1, 0.15) is 44.1 Å². The minimum atomic E-state index is -3.00. The normalized spacial score (nSPS) is 19.0. The lowest BCUT2D eigenvalue weighted by Gasteiger charge is -2.28. The Morgan fingerprint density at radius 3 is 2.56 bits per heavy atom. The summed E-state index contributed by atoms with van der Waals surface area (Å²) in [6.07, 6.45) is 7.47. The Hall–Kier alpha value is -1.92. The summed E-state index contributed by atoms with van der Waals surface area (Å²) in [7, 11) is 0. The molecule has 2 amide bonds. The fourth-order valence-corrected chi connectivity index (χ4v) is 3.54. The first-order chi connectivity index (χ1) is 12.0. The minimum absolute atomic E-state index is 0.0839. The summed E-state index contributed by atoms with van der Waals surface area (Å²) in [6, 6.07) is 2.86. The van der Waals surface area contributed by atoms with Crippen LogP contribution in [0.3, 0.4) is 0 Å². The van der Waals surface area contributed by atoms with E-state index in [1.165, 1.54) is 25.7 Å². The maximum Gasteiger partial charge on any atom is 0.387 e. The molecule has 25 heavy (non-hydrogen) atoms. The molecule has 0 saturated heterocycles. The first-order valence-corrected chi connectivity index (χ1v) is 8.71. The molecule has 2 saturated carbocycles. The van der Waals surface area contributed by atoms with E-state index in [1.807, 2.05) is 0 Å². The molecular formula is C18H23F3N2O2. The molecule has 2 fully saturated rings. The Kier molecular flexibility index (Phi) is 5.39. The van der Waals surface area contributed by atoms with Crippen molar-refractivity contribution in [2.45, 2.75) is 51.7 Å². The fraction of sp³-hybridized carbons (Fsp3) is 0.611. The molecule has 0 radical (unpaired) electrons. The fourth-order valence-electron chi connectivity index (χ4n) is 3.54. The lowest BCUT2D eigenvalue weighted by Crippen LogP contribution is -2.38. The van der Waals surface area contributed by atoms with Gasteiger partial charge in [-0.3, -0.25) is 0 Å². The molecule has 0 atom stereocenters. The zero-order valence-corrected chi connectivity index (χ0v) is 14.0. The second-order valence-electron chi connectivity index (χ2n) is 7.14. The van der Waals surface area contributed by atoms with E-state index in [2.05, 4.69) is 15.4 Å². The van der Waals surface area contributed by atoms with Gasteiger partial charge in [0.1, 0.15) is 11.6 Å². The van der Waals surface area contributed by atoms with Gasteiger partial charge in [0.15, 0.2) is 0 Å². The largest absolute Gasteiger partial charge is 0.434 e. The number of urea groups is 1. The molecule has 1 spiro atoms. The molecule has 7 heteroatoms. The summed E-state index contributed by atoms with van der Waals surface area (Å²) in [5.41, 5.74) is 0.792. The Labute approximate surface area is 145 Å². The third kappa shape index (κ3) is 5.03. The monoisotopic (exact) mass is 356 g/mol. The van der Waals surface area contributed by atoms with Gasteiger partial charge in [0, 0.05) is 18.7 Å². The van der Waals surface area contributed by atoms with Crippen LogP contribution in [0.4, 0.5) is 18.0 Å². The third-order valence-electron chi connectivity index (χ3n) is 5.35. The number of carbonyl (C=O) groups is 1. The first-order valence-electron chi connectivity index (χ1n) is 8.71. The van der Waals surface area contributed by atoms with Crippen molar-refractivity contribution in [3.63, 3.8) is 0 Å². The Morgan fingerprint density at radius 2 is 1.92 bits per heavy atom. The van der Waals surface area contributed by atoms with E-state index in [4.69, 9.17) is 0 Å². The molecule has 4 nitrogen and oxygen atoms in total. The molecule has 138 valence electrons. The average Bonchev–Trinajstić information content (AvgIpc) is 3.33. The van der Waals surface area contributed by atoms with Gasteiger partial charge in [-0.25, -0.2) is 9.18 Å². The summed E-state index contributed by atoms with van der Waals surface area (Å²) in [4.78, 5) is 11.9. The van der Waals surface area contributed by atoms with Crippen LogP contribution in [0.2, 0.25) is 0 Å². The number of carbonyl (C=O) groups excluding carboxylic acids is 1. The van der Waals surface area contributed by atoms with Gasteiger partial charge in [0.2, 0.25) is 0 Å². The van der Waals surface area contributed by atoms with Crippen molar-refractivity contribution in [3.05, 3.63) is 29.6 Å². The van der Waals surface area contributed by atoms with E-state index in [0.717, 1.165) is 31.0 Å². The van der Waals surface area contributed by atoms with Crippen molar-refractivity contribution in [1.82, 2.24) is 10.6 Å². The smallest absolute Gasteiger partial charge is 0.387 e. The number of ether oxygens (including phenoxy) is 1. The second-order valence-corrected chi connectivity index (χ2v) is 7.14. The molecular weight excluding hydrogens is 333 g/mol. The number of nitrogens with one attached hydrogen (secondary N) is 2. The highest BCUT2D eigenvalue weighted by atomic mass is 19.3. The lowest BCUT2D eigenvalue weighted by molar-refractivity contribution is -0.0505. The number of amides is 2. The highest BCUT2D eigenvalue weighted by Gasteiger charge is 2.44. The molecule has 0 bridgehead atoms. The summed E-state index contributed by atoms with van der Waals surface area (Å²) < 4.78 is 42.4. The summed E-state index contributed by atoms with van der Waals surface area (Å²) in [5, 5.41) is 5.38. The Morgan fingerprint density at radius 1 is 1.20 bits per heavy atom. The van der Waals surface area contributed by atoms with Crippen molar-refractivity contribution < 1.29 is 22.7 Å². The summed E-state index contributed by atoms with van der Waals surface area (Å²) >= 11 is 0. The molecule has 0 aromatic heterocycles. The van der Waals surface area contributed by atoms with Crippen LogP contribution >= 0.6 is 0 Å². The van der Waals surface area contributed by atoms with E-state index in [1.54, 1.807) is 0 Å². The molecule has 0 heterocycles. The van der Waals surface area contributed by atoms with Gasteiger partial charge < -0.3 is 15.4 Å². The van der Waals surface area contributed by atoms with Gasteiger partial charge in [0.05, 0.1) is 0 Å². The van der Waals surface area contributed by atoms with Crippen molar-refractivity contribution >= 4 is 6.03 Å². The van der Waals surface area contributed by atoms with Crippen LogP contribution in [0.25, 0.3) is 0 Å². The number of hydrogen-bond donors (Lipinski definition) is 2. The maximum atomic E-state index is 13.3. The van der Waals surface area contributed by atoms with Gasteiger partial charge in [-0.2, -0.15) is 8.78 Å². The van der Waals surface area contributed by atoms with E-state index < -0.39 is 12.4 Å². The molecule has 1 aromatic rings. The standard InChI is InChI=1S/C18H23F3N2O2/c19-14-1-2-15(25-16(20)21)13(9-14)11-23-17(24)22-10-12-3-5-18(6-4-12)7-8-18/h1-2,9,12,16H,3-8,10-11H2,(H2,22,23,24). The molecule has 2 aliphatic rings. The van der Waals surface area contributed by atoms with Gasteiger partial charge in [-0.05, 0) is 68.1 Å². The average molecular weight is 356 g/mol. The third-order valence-corrected chi connectivity index (χ3v) is 5.35. The van der Waals surface area contributed by atoms with Crippen molar-refractivity contribution in [2.24, 2.45) is 11.3 Å². The number of alkyl halides is 2. The number of rotatable bonds is 6. The predicted molar refractivity (Wildman–Crippen MR) is 86.9 cm³/mol. The summed E-state index contributed by atoms with van der Waals surface area (Å²) in [6.45, 7) is -2.48. The number of benzene rings is 1. The van der Waals surface area contributed by atoms with E-state index >= 15 is 0 Å². The number of halogens is 3. The molecule has 2 N–H and O–H groups in total. The van der Waals surface area contributed by atoms with Crippen LogP contribution < -0.4 is 15.4 Å². The molecule has 0 aliphatic heterocycles. The molecule has 2 aliphatic carbocycles. The molecule has 1 aromatic carbocycles. The van der Waals surface area contributed by atoms with Crippen molar-refractivity contribution in [2.75, 3.05) is 6.54 Å². The van der Waals surface area contributed by atoms with Gasteiger partial charge in [-0.1, -0.05) is 0 Å². The quantitative estimate of drug-likeness (QED) is 0.803. The van der Waals surface area contributed by atoms with Crippen LogP contribution in [0, 0.1) is 17.2 Å². The minimum Gasteiger partial charge on any atom is -0.434 e. The second kappa shape index (κ2) is 7.54. The lowest BCUT2D eigenvalue weighted by atomic mass is 9.80. The van der Waals surface area contributed by atoms with Crippen molar-refractivity contribution in [1.29, 1.82) is 0 Å². The maximum absolute atomic E-state index is 13.3. The Bertz CT molecular complexity index is 610. The highest BCUT2D eigenvalue weighted by Crippen LogP contribution is 2.56. The Balaban J connectivity index is 1.43. The zero-order chi connectivity index (χ0) is 17.9. The van der Waals surface area contributed by atoms with Crippen LogP contribution in [-0.2, 0) is 6.54 Å². The summed E-state index contributed by atoms with van der Waals surface area (Å²) in [5.74, 6) is -0.224. The molecule has 3 rings (SSSR count). The predicted octanol–water partition coefficient (Wildman–Crippen LogP) is 4.20. The van der Waals surface area contributed by atoms with E-state index in [0.29, 0.717) is 17.9 Å². The highest BCUT2D eigenvalue weighted by molar-refractivity contribution is 5.73. The zero-order valence-electron chi connectivity index (χ0n) is 14.0. The van der Waals surface area contributed by atoms with Crippen LogP contribution in [0.5, 0.6) is 5.75 Å². The topological polar surface area (TPSA) is 50.4 Å². The number of hydrogen-bond acceptors (Lipinski definition) is 2. The first kappa shape index (κ1) is 17.9. The van der Waals surface area contributed by atoms with E-state index in [9.17, 15) is 18.0 Å². The van der Waals surface area contributed by atoms with Gasteiger partial charge >= 0.3 is 12.6 Å². The van der Waals surface area contributed by atoms with E-state index in [-0.39, 0.29) is 23.9 Å². The molecule has 0 unspecified atom stereocenters. The SMILES string of the molecule is O=C(NCc1cc(F)ccc1OC(F)F)NCC1CCC2(CC1)CC2.